The second kappa shape index (κ2) is 8.58. The summed E-state index contributed by atoms with van der Waals surface area (Å²) in [6.45, 7) is 8.57. The SMILES string of the molecule is Cc1nc([C@H](NC(=O)Nc2cccc(Cl)c2N2CCOCC2)C(C)C)n[nH]1. The van der Waals surface area contributed by atoms with Crippen LogP contribution in [0.2, 0.25) is 5.02 Å². The first-order chi connectivity index (χ1) is 13.0. The zero-order chi connectivity index (χ0) is 19.4. The number of morpholine rings is 1. The maximum absolute atomic E-state index is 12.7. The molecule has 1 aliphatic rings. The highest BCUT2D eigenvalue weighted by Gasteiger charge is 2.24. The average Bonchev–Trinajstić information content (AvgIpc) is 3.06. The molecule has 1 aromatic carbocycles. The van der Waals surface area contributed by atoms with E-state index in [-0.39, 0.29) is 18.0 Å². The van der Waals surface area contributed by atoms with Crippen molar-refractivity contribution in [3.8, 4) is 0 Å². The second-order valence-corrected chi connectivity index (χ2v) is 7.24. The van der Waals surface area contributed by atoms with E-state index in [1.807, 2.05) is 39.0 Å². The molecule has 2 aromatic rings. The minimum Gasteiger partial charge on any atom is -0.378 e. The molecule has 2 amide bonds. The summed E-state index contributed by atoms with van der Waals surface area (Å²) in [5, 5.41) is 13.5. The van der Waals surface area contributed by atoms with Crippen LogP contribution >= 0.6 is 11.6 Å². The molecule has 0 radical (unpaired) electrons. The van der Waals surface area contributed by atoms with Crippen LogP contribution in [-0.4, -0.2) is 47.5 Å². The van der Waals surface area contributed by atoms with Crippen LogP contribution in [0.3, 0.4) is 0 Å². The van der Waals surface area contributed by atoms with Crippen molar-refractivity contribution in [2.75, 3.05) is 36.5 Å². The Labute approximate surface area is 163 Å². The van der Waals surface area contributed by atoms with Crippen LogP contribution in [0.25, 0.3) is 0 Å². The van der Waals surface area contributed by atoms with Gasteiger partial charge in [-0.25, -0.2) is 9.78 Å². The Morgan fingerprint density at radius 2 is 2.07 bits per heavy atom. The monoisotopic (exact) mass is 392 g/mol. The molecule has 27 heavy (non-hydrogen) atoms. The van der Waals surface area contributed by atoms with Gasteiger partial charge >= 0.3 is 6.03 Å². The molecule has 1 aromatic heterocycles. The van der Waals surface area contributed by atoms with E-state index < -0.39 is 0 Å². The minimum absolute atomic E-state index is 0.129. The maximum atomic E-state index is 12.7. The number of benzene rings is 1. The lowest BCUT2D eigenvalue weighted by Crippen LogP contribution is -2.38. The van der Waals surface area contributed by atoms with E-state index in [0.717, 1.165) is 18.8 Å². The molecule has 0 saturated carbocycles. The summed E-state index contributed by atoms with van der Waals surface area (Å²) in [5.41, 5.74) is 1.48. The smallest absolute Gasteiger partial charge is 0.319 e. The molecular weight excluding hydrogens is 368 g/mol. The van der Waals surface area contributed by atoms with Gasteiger partial charge in [-0.1, -0.05) is 31.5 Å². The number of halogens is 1. The normalized spacial score (nSPS) is 15.7. The number of nitrogens with one attached hydrogen (secondary N) is 3. The summed E-state index contributed by atoms with van der Waals surface area (Å²) in [6.07, 6.45) is 0. The lowest BCUT2D eigenvalue weighted by molar-refractivity contribution is 0.123. The topological polar surface area (TPSA) is 95.2 Å². The summed E-state index contributed by atoms with van der Waals surface area (Å²) in [5.74, 6) is 1.41. The van der Waals surface area contributed by atoms with Crippen molar-refractivity contribution in [2.45, 2.75) is 26.8 Å². The van der Waals surface area contributed by atoms with Crippen LogP contribution < -0.4 is 15.5 Å². The molecule has 1 aliphatic heterocycles. The highest BCUT2D eigenvalue weighted by Crippen LogP contribution is 2.34. The number of carbonyl (C=O) groups excluding carboxylic acids is 1. The van der Waals surface area contributed by atoms with E-state index in [0.29, 0.717) is 35.6 Å². The van der Waals surface area contributed by atoms with E-state index >= 15 is 0 Å². The number of hydrogen-bond acceptors (Lipinski definition) is 5. The fourth-order valence-corrected chi connectivity index (χ4v) is 3.35. The third-order valence-corrected chi connectivity index (χ3v) is 4.71. The largest absolute Gasteiger partial charge is 0.378 e. The quantitative estimate of drug-likeness (QED) is 0.726. The molecule has 0 unspecified atom stereocenters. The summed E-state index contributed by atoms with van der Waals surface area (Å²) in [6, 6.07) is 4.86. The fourth-order valence-electron chi connectivity index (χ4n) is 3.05. The molecule has 9 heteroatoms. The van der Waals surface area contributed by atoms with Gasteiger partial charge in [-0.2, -0.15) is 5.10 Å². The number of amides is 2. The van der Waals surface area contributed by atoms with Gasteiger partial charge in [0.15, 0.2) is 5.82 Å². The molecule has 1 fully saturated rings. The van der Waals surface area contributed by atoms with Crippen molar-refractivity contribution < 1.29 is 9.53 Å². The number of carbonyl (C=O) groups is 1. The van der Waals surface area contributed by atoms with Crippen molar-refractivity contribution >= 4 is 29.0 Å². The molecule has 2 heterocycles. The van der Waals surface area contributed by atoms with E-state index in [1.165, 1.54) is 0 Å². The highest BCUT2D eigenvalue weighted by molar-refractivity contribution is 6.34. The Morgan fingerprint density at radius 1 is 1.33 bits per heavy atom. The van der Waals surface area contributed by atoms with Gasteiger partial charge in [-0.05, 0) is 25.0 Å². The van der Waals surface area contributed by atoms with Crippen LogP contribution in [0.15, 0.2) is 18.2 Å². The van der Waals surface area contributed by atoms with Crippen molar-refractivity contribution in [3.63, 3.8) is 0 Å². The first-order valence-corrected chi connectivity index (χ1v) is 9.41. The van der Waals surface area contributed by atoms with Gasteiger partial charge in [0.05, 0.1) is 35.7 Å². The molecule has 1 atom stereocenters. The van der Waals surface area contributed by atoms with E-state index in [9.17, 15) is 4.79 Å². The zero-order valence-corrected chi connectivity index (χ0v) is 16.5. The lowest BCUT2D eigenvalue weighted by Gasteiger charge is -2.31. The molecular formula is C18H25ClN6O2. The molecule has 0 aliphatic carbocycles. The van der Waals surface area contributed by atoms with Gasteiger partial charge in [-0.15, -0.1) is 0 Å². The molecule has 0 spiro atoms. The van der Waals surface area contributed by atoms with Crippen LogP contribution in [0.1, 0.15) is 31.5 Å². The van der Waals surface area contributed by atoms with Gasteiger partial charge in [0, 0.05) is 13.1 Å². The van der Waals surface area contributed by atoms with Crippen LogP contribution in [0.5, 0.6) is 0 Å². The van der Waals surface area contributed by atoms with E-state index in [1.54, 1.807) is 0 Å². The molecule has 3 rings (SSSR count). The van der Waals surface area contributed by atoms with Gasteiger partial charge in [0.2, 0.25) is 0 Å². The zero-order valence-electron chi connectivity index (χ0n) is 15.8. The summed E-state index contributed by atoms with van der Waals surface area (Å²) >= 11 is 6.42. The molecule has 8 nitrogen and oxygen atoms in total. The number of nitrogens with zero attached hydrogens (tertiary/aromatic N) is 3. The van der Waals surface area contributed by atoms with E-state index in [2.05, 4.69) is 30.7 Å². The number of aromatic amines is 1. The summed E-state index contributed by atoms with van der Waals surface area (Å²) in [7, 11) is 0. The van der Waals surface area contributed by atoms with Crippen molar-refractivity contribution in [1.29, 1.82) is 0 Å². The number of urea groups is 1. The molecule has 146 valence electrons. The number of hydrogen-bond donors (Lipinski definition) is 3. The summed E-state index contributed by atoms with van der Waals surface area (Å²) in [4.78, 5) is 19.1. The molecule has 3 N–H and O–H groups in total. The lowest BCUT2D eigenvalue weighted by atomic mass is 10.0. The Balaban J connectivity index is 1.76. The Kier molecular flexibility index (Phi) is 6.18. The molecule has 0 bridgehead atoms. The average molecular weight is 393 g/mol. The van der Waals surface area contributed by atoms with Gasteiger partial charge in [0.25, 0.3) is 0 Å². The van der Waals surface area contributed by atoms with Crippen molar-refractivity contribution in [3.05, 3.63) is 34.9 Å². The minimum atomic E-state index is -0.326. The Bertz CT molecular complexity index is 788. The number of para-hydroxylation sites is 1. The van der Waals surface area contributed by atoms with Gasteiger partial charge < -0.3 is 20.3 Å². The number of H-pyrrole nitrogens is 1. The Morgan fingerprint density at radius 3 is 2.70 bits per heavy atom. The van der Waals surface area contributed by atoms with Crippen LogP contribution in [0.4, 0.5) is 16.2 Å². The number of aromatic nitrogens is 3. The number of anilines is 2. The first kappa shape index (κ1) is 19.4. The predicted molar refractivity (Wildman–Crippen MR) is 105 cm³/mol. The van der Waals surface area contributed by atoms with Gasteiger partial charge in [0.1, 0.15) is 5.82 Å². The third kappa shape index (κ3) is 4.70. The number of ether oxygens (including phenoxy) is 1. The fraction of sp³-hybridized carbons (Fsp3) is 0.500. The Hall–Kier alpha value is -2.32. The van der Waals surface area contributed by atoms with E-state index in [4.69, 9.17) is 16.3 Å². The van der Waals surface area contributed by atoms with Crippen LogP contribution in [0, 0.1) is 12.8 Å². The van der Waals surface area contributed by atoms with Crippen molar-refractivity contribution in [2.24, 2.45) is 5.92 Å². The van der Waals surface area contributed by atoms with Crippen molar-refractivity contribution in [1.82, 2.24) is 20.5 Å². The summed E-state index contributed by atoms with van der Waals surface area (Å²) < 4.78 is 5.41. The maximum Gasteiger partial charge on any atom is 0.319 e. The van der Waals surface area contributed by atoms with Gasteiger partial charge in [-0.3, -0.25) is 5.10 Å². The third-order valence-electron chi connectivity index (χ3n) is 4.41. The highest BCUT2D eigenvalue weighted by atomic mass is 35.5. The number of rotatable bonds is 5. The predicted octanol–water partition coefficient (Wildman–Crippen LogP) is 3.12. The molecule has 1 saturated heterocycles. The van der Waals surface area contributed by atoms with Crippen LogP contribution in [-0.2, 0) is 4.74 Å². The standard InChI is InChI=1S/C18H25ClN6O2/c1-11(2)15(17-20-12(3)23-24-17)22-18(26)21-14-6-4-5-13(19)16(14)25-7-9-27-10-8-25/h4-6,11,15H,7-10H2,1-3H3,(H,20,23,24)(H2,21,22,26)/t15-/m1/s1. The number of aryl methyl sites for hydroxylation is 1. The first-order valence-electron chi connectivity index (χ1n) is 9.03. The second-order valence-electron chi connectivity index (χ2n) is 6.83.